The number of rotatable bonds is 6. The van der Waals surface area contributed by atoms with Crippen molar-refractivity contribution in [3.05, 3.63) is 39.7 Å². The van der Waals surface area contributed by atoms with Gasteiger partial charge in [0, 0.05) is 25.2 Å². The average Bonchev–Trinajstić information content (AvgIpc) is 3.26. The van der Waals surface area contributed by atoms with Gasteiger partial charge in [-0.15, -0.1) is 11.3 Å². The summed E-state index contributed by atoms with van der Waals surface area (Å²) in [7, 11) is -2.41. The molecule has 1 amide bonds. The second-order valence-corrected chi connectivity index (χ2v) is 10.6. The maximum atomic E-state index is 12.5. The average molecular weight is 448 g/mol. The number of hydrogen-bond donors (Lipinski definition) is 1. The van der Waals surface area contributed by atoms with E-state index in [0.29, 0.717) is 15.0 Å². The summed E-state index contributed by atoms with van der Waals surface area (Å²) < 4.78 is 26.5. The van der Waals surface area contributed by atoms with Crippen LogP contribution in [0.1, 0.15) is 12.8 Å². The first kappa shape index (κ1) is 20.4. The van der Waals surface area contributed by atoms with E-state index in [0.717, 1.165) is 47.3 Å². The smallest absolute Gasteiger partial charge is 0.252 e. The lowest BCUT2D eigenvalue weighted by molar-refractivity contribution is -0.116. The zero-order chi connectivity index (χ0) is 19.6. The summed E-state index contributed by atoms with van der Waals surface area (Å²) in [4.78, 5) is 14.7. The molecule has 6 nitrogen and oxygen atoms in total. The van der Waals surface area contributed by atoms with Crippen LogP contribution in [-0.4, -0.2) is 45.3 Å². The van der Waals surface area contributed by atoms with Crippen molar-refractivity contribution in [1.29, 1.82) is 0 Å². The molecule has 1 aromatic carbocycles. The summed E-state index contributed by atoms with van der Waals surface area (Å²) in [6.45, 7) is 1.51. The zero-order valence-corrected chi connectivity index (χ0v) is 17.8. The van der Waals surface area contributed by atoms with E-state index in [9.17, 15) is 13.2 Å². The van der Waals surface area contributed by atoms with Crippen molar-refractivity contribution >= 4 is 61.8 Å². The Bertz CT molecular complexity index is 941. The van der Waals surface area contributed by atoms with Crippen molar-refractivity contribution in [3.63, 3.8) is 0 Å². The predicted octanol–water partition coefficient (Wildman–Crippen LogP) is 3.91. The molecule has 0 spiro atoms. The number of likely N-dealkylation sites (N-methyl/N-ethyl adjacent to an activating group) is 1. The molecular formula is C17H19Cl2N3O3S2. The molecular weight excluding hydrogens is 429 g/mol. The highest BCUT2D eigenvalue weighted by Crippen LogP contribution is 2.32. The molecule has 1 aliphatic rings. The van der Waals surface area contributed by atoms with Crippen LogP contribution in [0.4, 0.5) is 11.4 Å². The molecule has 10 heteroatoms. The Morgan fingerprint density at radius 2 is 1.93 bits per heavy atom. The van der Waals surface area contributed by atoms with Crippen LogP contribution in [0.5, 0.6) is 0 Å². The van der Waals surface area contributed by atoms with E-state index < -0.39 is 15.9 Å². The van der Waals surface area contributed by atoms with E-state index in [4.69, 9.17) is 23.2 Å². The van der Waals surface area contributed by atoms with Gasteiger partial charge >= 0.3 is 0 Å². The fourth-order valence-corrected chi connectivity index (χ4v) is 5.90. The minimum Gasteiger partial charge on any atom is -0.370 e. The Morgan fingerprint density at radius 1 is 1.22 bits per heavy atom. The third-order valence-electron chi connectivity index (χ3n) is 4.26. The molecule has 0 aliphatic carbocycles. The van der Waals surface area contributed by atoms with Crippen LogP contribution in [0.2, 0.25) is 9.36 Å². The Hall–Kier alpha value is -1.32. The van der Waals surface area contributed by atoms with Crippen molar-refractivity contribution in [2.24, 2.45) is 0 Å². The maximum absolute atomic E-state index is 12.5. The van der Waals surface area contributed by atoms with Gasteiger partial charge in [-0.05, 0) is 43.2 Å². The number of nitrogens with one attached hydrogen (secondary N) is 1. The molecule has 146 valence electrons. The zero-order valence-electron chi connectivity index (χ0n) is 14.6. The summed E-state index contributed by atoms with van der Waals surface area (Å²) >= 11 is 12.9. The molecule has 1 N–H and O–H groups in total. The molecule has 0 bridgehead atoms. The standard InChI is InChI=1S/C17H19Cl2N3O3S2/c1-21(27(24,25)17-7-6-15(19)26-17)11-16(23)20-13-10-12(18)4-5-14(13)22-8-2-3-9-22/h4-7,10H,2-3,8-9,11H2,1H3,(H,20,23). The predicted molar refractivity (Wildman–Crippen MR) is 111 cm³/mol. The monoisotopic (exact) mass is 447 g/mol. The molecule has 1 saturated heterocycles. The van der Waals surface area contributed by atoms with Gasteiger partial charge in [0.1, 0.15) is 4.21 Å². The van der Waals surface area contributed by atoms with Crippen LogP contribution >= 0.6 is 34.5 Å². The van der Waals surface area contributed by atoms with E-state index in [2.05, 4.69) is 10.2 Å². The molecule has 2 aromatic rings. The lowest BCUT2D eigenvalue weighted by atomic mass is 10.2. The van der Waals surface area contributed by atoms with Gasteiger partial charge in [0.15, 0.2) is 0 Å². The third-order valence-corrected chi connectivity index (χ3v) is 8.00. The first-order valence-electron chi connectivity index (χ1n) is 8.33. The van der Waals surface area contributed by atoms with Crippen molar-refractivity contribution < 1.29 is 13.2 Å². The number of anilines is 2. The number of hydrogen-bond acceptors (Lipinski definition) is 5. The molecule has 1 fully saturated rings. The number of carbonyl (C=O) groups is 1. The lowest BCUT2D eigenvalue weighted by Crippen LogP contribution is -2.35. The summed E-state index contributed by atoms with van der Waals surface area (Å²) in [5.41, 5.74) is 1.47. The highest BCUT2D eigenvalue weighted by atomic mass is 35.5. The van der Waals surface area contributed by atoms with Gasteiger partial charge in [-0.3, -0.25) is 4.79 Å². The largest absolute Gasteiger partial charge is 0.370 e. The van der Waals surface area contributed by atoms with Crippen LogP contribution in [-0.2, 0) is 14.8 Å². The van der Waals surface area contributed by atoms with Crippen molar-refractivity contribution in [2.75, 3.05) is 36.9 Å². The normalized spacial score (nSPS) is 14.7. The Labute approximate surface area is 172 Å². The van der Waals surface area contributed by atoms with E-state index in [1.165, 1.54) is 19.2 Å². The molecule has 2 heterocycles. The van der Waals surface area contributed by atoms with Crippen molar-refractivity contribution in [2.45, 2.75) is 17.1 Å². The van der Waals surface area contributed by atoms with E-state index in [1.54, 1.807) is 12.1 Å². The minimum absolute atomic E-state index is 0.100. The summed E-state index contributed by atoms with van der Waals surface area (Å²) in [6.07, 6.45) is 2.20. The number of carbonyl (C=O) groups excluding carboxylic acids is 1. The SMILES string of the molecule is CN(CC(=O)Nc1cc(Cl)ccc1N1CCCC1)S(=O)(=O)c1ccc(Cl)s1. The minimum atomic E-state index is -3.77. The van der Waals surface area contributed by atoms with Crippen LogP contribution in [0.3, 0.4) is 0 Å². The molecule has 27 heavy (non-hydrogen) atoms. The second-order valence-electron chi connectivity index (χ2n) is 6.22. The van der Waals surface area contributed by atoms with Crippen LogP contribution in [0, 0.1) is 0 Å². The number of sulfonamides is 1. The molecule has 1 aromatic heterocycles. The third kappa shape index (κ3) is 4.75. The van der Waals surface area contributed by atoms with Crippen LogP contribution < -0.4 is 10.2 Å². The van der Waals surface area contributed by atoms with Gasteiger partial charge in [0.05, 0.1) is 22.3 Å². The van der Waals surface area contributed by atoms with Crippen LogP contribution in [0.25, 0.3) is 0 Å². The summed E-state index contributed by atoms with van der Waals surface area (Å²) in [5.74, 6) is -0.438. The molecule has 3 rings (SSSR count). The van der Waals surface area contributed by atoms with Gasteiger partial charge in [0.2, 0.25) is 5.91 Å². The first-order chi connectivity index (χ1) is 12.8. The Morgan fingerprint density at radius 3 is 2.56 bits per heavy atom. The fourth-order valence-electron chi connectivity index (χ4n) is 2.91. The summed E-state index contributed by atoms with van der Waals surface area (Å²) in [5, 5.41) is 3.30. The van der Waals surface area contributed by atoms with Gasteiger partial charge in [-0.25, -0.2) is 8.42 Å². The molecule has 1 aliphatic heterocycles. The highest BCUT2D eigenvalue weighted by molar-refractivity contribution is 7.91. The lowest BCUT2D eigenvalue weighted by Gasteiger charge is -2.22. The number of thiophene rings is 1. The summed E-state index contributed by atoms with van der Waals surface area (Å²) in [6, 6.07) is 8.28. The number of benzene rings is 1. The molecule has 0 saturated carbocycles. The first-order valence-corrected chi connectivity index (χ1v) is 11.3. The molecule has 0 unspecified atom stereocenters. The maximum Gasteiger partial charge on any atom is 0.252 e. The number of amides is 1. The van der Waals surface area contributed by atoms with Crippen molar-refractivity contribution in [1.82, 2.24) is 4.31 Å². The van der Waals surface area contributed by atoms with E-state index in [1.807, 2.05) is 6.07 Å². The fraction of sp³-hybridized carbons (Fsp3) is 0.353. The Kier molecular flexibility index (Phi) is 6.32. The number of halogens is 2. The number of nitrogens with zero attached hydrogens (tertiary/aromatic N) is 2. The second kappa shape index (κ2) is 8.36. The van der Waals surface area contributed by atoms with Gasteiger partial charge < -0.3 is 10.2 Å². The van der Waals surface area contributed by atoms with Crippen molar-refractivity contribution in [3.8, 4) is 0 Å². The Balaban J connectivity index is 1.73. The topological polar surface area (TPSA) is 69.7 Å². The van der Waals surface area contributed by atoms with Gasteiger partial charge in [-0.2, -0.15) is 4.31 Å². The molecule has 0 radical (unpaired) electrons. The van der Waals surface area contributed by atoms with Crippen LogP contribution in [0.15, 0.2) is 34.5 Å². The van der Waals surface area contributed by atoms with E-state index >= 15 is 0 Å². The molecule has 0 atom stereocenters. The van der Waals surface area contributed by atoms with E-state index in [-0.39, 0.29) is 10.8 Å². The highest BCUT2D eigenvalue weighted by Gasteiger charge is 2.25. The van der Waals surface area contributed by atoms with Gasteiger partial charge in [-0.1, -0.05) is 23.2 Å². The quantitative estimate of drug-likeness (QED) is 0.728. The van der Waals surface area contributed by atoms with Gasteiger partial charge in [0.25, 0.3) is 10.0 Å².